The summed E-state index contributed by atoms with van der Waals surface area (Å²) >= 11 is 5.14. The Morgan fingerprint density at radius 3 is 2.72 bits per heavy atom. The number of nitrogens with zero attached hydrogens (tertiary/aromatic N) is 3. The Bertz CT molecular complexity index is 520. The summed E-state index contributed by atoms with van der Waals surface area (Å²) in [6.07, 6.45) is 0. The lowest BCUT2D eigenvalue weighted by Crippen LogP contribution is -2.46. The van der Waals surface area contributed by atoms with Gasteiger partial charge in [0.05, 0.1) is 5.52 Å². The van der Waals surface area contributed by atoms with Crippen LogP contribution in [0, 0.1) is 0 Å². The maximum atomic E-state index is 4.53. The summed E-state index contributed by atoms with van der Waals surface area (Å²) in [5.74, 6) is 0. The maximum Gasteiger partial charge on any atom is 0.120 e. The van der Waals surface area contributed by atoms with Gasteiger partial charge in [-0.15, -0.1) is 0 Å². The molecule has 0 saturated carbocycles. The number of aromatic nitrogens is 1. The van der Waals surface area contributed by atoms with Crippen molar-refractivity contribution in [3.8, 4) is 0 Å². The van der Waals surface area contributed by atoms with E-state index in [0.717, 1.165) is 43.6 Å². The third-order valence-corrected chi connectivity index (χ3v) is 4.72. The van der Waals surface area contributed by atoms with Crippen LogP contribution in [-0.2, 0) is 0 Å². The van der Waals surface area contributed by atoms with Gasteiger partial charge in [0, 0.05) is 43.4 Å². The molecule has 0 N–H and O–H groups in total. The maximum absolute atomic E-state index is 4.53. The number of halogens is 1. The van der Waals surface area contributed by atoms with Gasteiger partial charge in [-0.2, -0.15) is 4.37 Å². The molecule has 2 aromatic rings. The van der Waals surface area contributed by atoms with E-state index in [1.54, 1.807) is 11.5 Å². The highest BCUT2D eigenvalue weighted by molar-refractivity contribution is 9.09. The van der Waals surface area contributed by atoms with Crippen molar-refractivity contribution in [2.24, 2.45) is 0 Å². The predicted octanol–water partition coefficient (Wildman–Crippen LogP) is 2.81. The lowest BCUT2D eigenvalue weighted by Gasteiger charge is -2.34. The Morgan fingerprint density at radius 2 is 1.94 bits per heavy atom. The fraction of sp³-hybridized carbons (Fsp3) is 0.462. The van der Waals surface area contributed by atoms with Crippen LogP contribution in [-0.4, -0.2) is 47.3 Å². The number of alkyl halides is 1. The monoisotopic (exact) mass is 325 g/mol. The normalized spacial score (nSPS) is 17.5. The third-order valence-electron chi connectivity index (χ3n) is 3.43. The van der Waals surface area contributed by atoms with E-state index in [2.05, 4.69) is 54.4 Å². The molecule has 2 heterocycles. The van der Waals surface area contributed by atoms with Gasteiger partial charge < -0.3 is 4.90 Å². The molecule has 0 aliphatic carbocycles. The van der Waals surface area contributed by atoms with Crippen LogP contribution in [0.25, 0.3) is 10.9 Å². The van der Waals surface area contributed by atoms with Crippen molar-refractivity contribution in [3.05, 3.63) is 24.3 Å². The number of fused-ring (bicyclic) bond motifs is 1. The fourth-order valence-electron chi connectivity index (χ4n) is 2.40. The first-order valence-electron chi connectivity index (χ1n) is 6.26. The average Bonchev–Trinajstić information content (AvgIpc) is 2.84. The molecule has 1 fully saturated rings. The van der Waals surface area contributed by atoms with Gasteiger partial charge in [-0.25, -0.2) is 0 Å². The highest BCUT2D eigenvalue weighted by atomic mass is 79.9. The number of rotatable bonds is 3. The van der Waals surface area contributed by atoms with Crippen LogP contribution in [0.4, 0.5) is 5.00 Å². The molecule has 1 aliphatic rings. The molecule has 3 nitrogen and oxygen atoms in total. The first kappa shape index (κ1) is 12.4. The van der Waals surface area contributed by atoms with Crippen LogP contribution >= 0.6 is 27.5 Å². The SMILES string of the molecule is BrCCN1CCN(c2snc3ccccc23)CC1. The lowest BCUT2D eigenvalue weighted by molar-refractivity contribution is 0.274. The molecule has 3 rings (SSSR count). The summed E-state index contributed by atoms with van der Waals surface area (Å²) in [7, 11) is 0. The summed E-state index contributed by atoms with van der Waals surface area (Å²) in [6, 6.07) is 8.43. The first-order valence-corrected chi connectivity index (χ1v) is 8.15. The van der Waals surface area contributed by atoms with E-state index < -0.39 is 0 Å². The first-order chi connectivity index (χ1) is 8.88. The minimum atomic E-state index is 1.07. The molecule has 1 aromatic carbocycles. The standard InChI is InChI=1S/C13H16BrN3S/c14-5-6-16-7-9-17(10-8-16)13-11-3-1-2-4-12(11)15-18-13/h1-4H,5-10H2. The van der Waals surface area contributed by atoms with Gasteiger partial charge >= 0.3 is 0 Å². The van der Waals surface area contributed by atoms with E-state index in [9.17, 15) is 0 Å². The highest BCUT2D eigenvalue weighted by Gasteiger charge is 2.19. The van der Waals surface area contributed by atoms with Crippen LogP contribution in [0.2, 0.25) is 0 Å². The second-order valence-electron chi connectivity index (χ2n) is 4.52. The summed E-state index contributed by atoms with van der Waals surface area (Å²) in [5, 5.41) is 3.71. The quantitative estimate of drug-likeness (QED) is 0.809. The highest BCUT2D eigenvalue weighted by Crippen LogP contribution is 2.31. The zero-order chi connectivity index (χ0) is 12.4. The summed E-state index contributed by atoms with van der Waals surface area (Å²) in [4.78, 5) is 4.99. The van der Waals surface area contributed by atoms with E-state index in [1.165, 1.54) is 10.4 Å². The van der Waals surface area contributed by atoms with Crippen molar-refractivity contribution in [1.29, 1.82) is 0 Å². The summed E-state index contributed by atoms with van der Waals surface area (Å²) in [5.41, 5.74) is 1.13. The number of benzene rings is 1. The second kappa shape index (κ2) is 5.55. The van der Waals surface area contributed by atoms with E-state index in [0.29, 0.717) is 0 Å². The molecule has 1 aliphatic heterocycles. The number of hydrogen-bond donors (Lipinski definition) is 0. The van der Waals surface area contributed by atoms with Crippen LogP contribution in [0.15, 0.2) is 24.3 Å². The third kappa shape index (κ3) is 2.39. The molecule has 0 spiro atoms. The van der Waals surface area contributed by atoms with Crippen molar-refractivity contribution in [2.75, 3.05) is 43.0 Å². The Balaban J connectivity index is 1.76. The van der Waals surface area contributed by atoms with E-state index in [-0.39, 0.29) is 0 Å². The molecule has 1 saturated heterocycles. The number of anilines is 1. The number of piperazine rings is 1. The molecule has 18 heavy (non-hydrogen) atoms. The molecular weight excluding hydrogens is 310 g/mol. The second-order valence-corrected chi connectivity index (χ2v) is 6.07. The molecule has 0 radical (unpaired) electrons. The van der Waals surface area contributed by atoms with Gasteiger partial charge in [0.1, 0.15) is 5.00 Å². The molecule has 0 atom stereocenters. The molecule has 0 unspecified atom stereocenters. The van der Waals surface area contributed by atoms with E-state index in [1.807, 2.05) is 0 Å². The molecular formula is C13H16BrN3S. The minimum Gasteiger partial charge on any atom is -0.359 e. The minimum absolute atomic E-state index is 1.07. The summed E-state index contributed by atoms with van der Waals surface area (Å²) in [6.45, 7) is 5.67. The van der Waals surface area contributed by atoms with Gasteiger partial charge in [-0.05, 0) is 23.7 Å². The topological polar surface area (TPSA) is 19.4 Å². The molecule has 0 bridgehead atoms. The van der Waals surface area contributed by atoms with Crippen molar-refractivity contribution >= 4 is 43.4 Å². The van der Waals surface area contributed by atoms with Crippen molar-refractivity contribution in [2.45, 2.75) is 0 Å². The predicted molar refractivity (Wildman–Crippen MR) is 82.1 cm³/mol. The Hall–Kier alpha value is -0.650. The van der Waals surface area contributed by atoms with Crippen LogP contribution in [0.3, 0.4) is 0 Å². The fourth-order valence-corrected chi connectivity index (χ4v) is 3.81. The summed E-state index contributed by atoms with van der Waals surface area (Å²) < 4.78 is 4.53. The Morgan fingerprint density at radius 1 is 1.17 bits per heavy atom. The van der Waals surface area contributed by atoms with Crippen LogP contribution < -0.4 is 4.90 Å². The zero-order valence-corrected chi connectivity index (χ0v) is 12.6. The Labute approximate surface area is 120 Å². The Kier molecular flexibility index (Phi) is 3.82. The van der Waals surface area contributed by atoms with E-state index in [4.69, 9.17) is 0 Å². The van der Waals surface area contributed by atoms with E-state index >= 15 is 0 Å². The van der Waals surface area contributed by atoms with Gasteiger partial charge in [-0.1, -0.05) is 28.1 Å². The van der Waals surface area contributed by atoms with Crippen molar-refractivity contribution < 1.29 is 0 Å². The van der Waals surface area contributed by atoms with Gasteiger partial charge in [0.15, 0.2) is 0 Å². The number of hydrogen-bond acceptors (Lipinski definition) is 4. The van der Waals surface area contributed by atoms with Crippen molar-refractivity contribution in [1.82, 2.24) is 9.27 Å². The molecule has 0 amide bonds. The lowest BCUT2D eigenvalue weighted by atomic mass is 10.2. The van der Waals surface area contributed by atoms with Gasteiger partial charge in [0.2, 0.25) is 0 Å². The van der Waals surface area contributed by atoms with Crippen molar-refractivity contribution in [3.63, 3.8) is 0 Å². The molecule has 96 valence electrons. The van der Waals surface area contributed by atoms with Gasteiger partial charge in [-0.3, -0.25) is 4.90 Å². The zero-order valence-electron chi connectivity index (χ0n) is 10.2. The largest absolute Gasteiger partial charge is 0.359 e. The van der Waals surface area contributed by atoms with Gasteiger partial charge in [0.25, 0.3) is 0 Å². The smallest absolute Gasteiger partial charge is 0.120 e. The van der Waals surface area contributed by atoms with Crippen LogP contribution in [0.1, 0.15) is 0 Å². The average molecular weight is 326 g/mol. The molecule has 5 heteroatoms. The van der Waals surface area contributed by atoms with Crippen LogP contribution in [0.5, 0.6) is 0 Å². The molecule has 1 aromatic heterocycles.